The molecule has 1 rings (SSSR count). The fourth-order valence-electron chi connectivity index (χ4n) is 1.55. The molecule has 0 aromatic heterocycles. The second-order valence-electron chi connectivity index (χ2n) is 4.71. The molecule has 0 saturated heterocycles. The van der Waals surface area contributed by atoms with Crippen molar-refractivity contribution in [2.24, 2.45) is 5.92 Å². The lowest BCUT2D eigenvalue weighted by Gasteiger charge is -2.11. The van der Waals surface area contributed by atoms with E-state index in [1.807, 2.05) is 0 Å². The first kappa shape index (κ1) is 16.6. The van der Waals surface area contributed by atoms with Crippen LogP contribution in [-0.2, 0) is 10.0 Å². The Bertz CT molecular complexity index is 545. The van der Waals surface area contributed by atoms with Crippen LogP contribution in [0.4, 0.5) is 5.69 Å². The molecule has 0 atom stereocenters. The van der Waals surface area contributed by atoms with Crippen molar-refractivity contribution in [3.8, 4) is 0 Å². The quantitative estimate of drug-likeness (QED) is 0.623. The van der Waals surface area contributed by atoms with Gasteiger partial charge in [0.25, 0.3) is 0 Å². The van der Waals surface area contributed by atoms with E-state index in [-0.39, 0.29) is 20.6 Å². The molecule has 0 aliphatic rings. The zero-order valence-corrected chi connectivity index (χ0v) is 13.2. The molecule has 0 fully saturated rings. The van der Waals surface area contributed by atoms with Gasteiger partial charge in [0.2, 0.25) is 10.0 Å². The maximum Gasteiger partial charge on any atom is 0.242 e. The van der Waals surface area contributed by atoms with Crippen LogP contribution in [0.15, 0.2) is 17.0 Å². The van der Waals surface area contributed by atoms with E-state index in [2.05, 4.69) is 18.6 Å². The molecular formula is C12H18Cl2N2O2S. The Balaban J connectivity index is 2.81. The average Bonchev–Trinajstić information content (AvgIpc) is 2.31. The highest BCUT2D eigenvalue weighted by Crippen LogP contribution is 2.32. The Hall–Kier alpha value is -0.490. The van der Waals surface area contributed by atoms with Crippen molar-refractivity contribution in [3.05, 3.63) is 22.2 Å². The van der Waals surface area contributed by atoms with Crippen molar-refractivity contribution in [2.45, 2.75) is 31.6 Å². The van der Waals surface area contributed by atoms with Crippen LogP contribution in [0.3, 0.4) is 0 Å². The van der Waals surface area contributed by atoms with Crippen molar-refractivity contribution < 1.29 is 8.42 Å². The molecule has 0 heterocycles. The van der Waals surface area contributed by atoms with E-state index in [4.69, 9.17) is 28.9 Å². The highest BCUT2D eigenvalue weighted by molar-refractivity contribution is 7.89. The monoisotopic (exact) mass is 324 g/mol. The molecule has 0 aliphatic heterocycles. The molecule has 0 radical (unpaired) electrons. The van der Waals surface area contributed by atoms with E-state index in [0.717, 1.165) is 12.8 Å². The Labute approximate surface area is 124 Å². The zero-order valence-electron chi connectivity index (χ0n) is 10.9. The number of nitrogens with two attached hydrogens (primary N) is 1. The van der Waals surface area contributed by atoms with Crippen LogP contribution in [0.2, 0.25) is 10.0 Å². The minimum absolute atomic E-state index is 0.0381. The van der Waals surface area contributed by atoms with Crippen molar-refractivity contribution in [2.75, 3.05) is 12.3 Å². The molecule has 4 nitrogen and oxygen atoms in total. The van der Waals surface area contributed by atoms with Crippen molar-refractivity contribution in [1.82, 2.24) is 4.72 Å². The standard InChI is InChI=1S/C12H18Cl2N2O2S/c1-8(2)4-3-7-16-19(17,18)10-6-5-9(13)12(15)11(10)14/h5-6,8,16H,3-4,7,15H2,1-2H3. The van der Waals surface area contributed by atoms with Crippen LogP contribution in [-0.4, -0.2) is 15.0 Å². The number of sulfonamides is 1. The molecule has 0 spiro atoms. The van der Waals surface area contributed by atoms with Gasteiger partial charge in [-0.05, 0) is 30.9 Å². The summed E-state index contributed by atoms with van der Waals surface area (Å²) in [5, 5.41) is 0.201. The molecule has 0 amide bonds. The molecule has 0 aliphatic carbocycles. The van der Waals surface area contributed by atoms with Gasteiger partial charge in [0.15, 0.2) is 0 Å². The average molecular weight is 325 g/mol. The summed E-state index contributed by atoms with van der Waals surface area (Å²) in [4.78, 5) is -0.0411. The number of halogens is 2. The van der Waals surface area contributed by atoms with Gasteiger partial charge in [-0.3, -0.25) is 0 Å². The molecule has 0 bridgehead atoms. The van der Waals surface area contributed by atoms with Gasteiger partial charge < -0.3 is 5.73 Å². The fraction of sp³-hybridized carbons (Fsp3) is 0.500. The minimum atomic E-state index is -3.65. The number of hydrogen-bond donors (Lipinski definition) is 2. The topological polar surface area (TPSA) is 72.2 Å². The van der Waals surface area contributed by atoms with Gasteiger partial charge in [0, 0.05) is 6.54 Å². The van der Waals surface area contributed by atoms with E-state index in [1.165, 1.54) is 12.1 Å². The van der Waals surface area contributed by atoms with Crippen molar-refractivity contribution in [3.63, 3.8) is 0 Å². The summed E-state index contributed by atoms with van der Waals surface area (Å²) < 4.78 is 26.6. The van der Waals surface area contributed by atoms with E-state index in [9.17, 15) is 8.42 Å². The summed E-state index contributed by atoms with van der Waals surface area (Å²) in [6, 6.07) is 2.78. The number of anilines is 1. The zero-order chi connectivity index (χ0) is 14.6. The maximum atomic E-state index is 12.1. The predicted molar refractivity (Wildman–Crippen MR) is 80.1 cm³/mol. The van der Waals surface area contributed by atoms with Crippen LogP contribution >= 0.6 is 23.2 Å². The molecule has 1 aromatic rings. The molecule has 3 N–H and O–H groups in total. The molecule has 0 unspecified atom stereocenters. The molecule has 1 aromatic carbocycles. The third kappa shape index (κ3) is 4.53. The minimum Gasteiger partial charge on any atom is -0.396 e. The second kappa shape index (κ2) is 6.79. The number of nitrogens with one attached hydrogen (secondary N) is 1. The van der Waals surface area contributed by atoms with E-state index in [0.29, 0.717) is 12.5 Å². The summed E-state index contributed by atoms with van der Waals surface area (Å²) >= 11 is 11.7. The molecule has 19 heavy (non-hydrogen) atoms. The predicted octanol–water partition coefficient (Wildman–Crippen LogP) is 3.29. The SMILES string of the molecule is CC(C)CCCNS(=O)(=O)c1ccc(Cl)c(N)c1Cl. The normalized spacial score (nSPS) is 12.1. The highest BCUT2D eigenvalue weighted by atomic mass is 35.5. The number of rotatable bonds is 6. The molecular weight excluding hydrogens is 307 g/mol. The number of nitrogen functional groups attached to an aromatic ring is 1. The largest absolute Gasteiger partial charge is 0.396 e. The molecule has 0 saturated carbocycles. The van der Waals surface area contributed by atoms with Gasteiger partial charge in [-0.15, -0.1) is 0 Å². The Morgan fingerprint density at radius 1 is 1.32 bits per heavy atom. The summed E-state index contributed by atoms with van der Waals surface area (Å²) in [7, 11) is -3.65. The first-order valence-electron chi connectivity index (χ1n) is 5.99. The van der Waals surface area contributed by atoms with Crippen LogP contribution in [0.25, 0.3) is 0 Å². The lowest BCUT2D eigenvalue weighted by molar-refractivity contribution is 0.540. The third-order valence-corrected chi connectivity index (χ3v) is 4.98. The van der Waals surface area contributed by atoms with Crippen LogP contribution in [0.1, 0.15) is 26.7 Å². The van der Waals surface area contributed by atoms with Crippen molar-refractivity contribution in [1.29, 1.82) is 0 Å². The summed E-state index contributed by atoms with van der Waals surface area (Å²) in [6.45, 7) is 4.55. The second-order valence-corrected chi connectivity index (χ2v) is 7.23. The first-order valence-corrected chi connectivity index (χ1v) is 8.22. The van der Waals surface area contributed by atoms with E-state index in [1.54, 1.807) is 0 Å². The molecule has 7 heteroatoms. The first-order chi connectivity index (χ1) is 8.75. The van der Waals surface area contributed by atoms with Gasteiger partial charge in [-0.1, -0.05) is 37.0 Å². The van der Waals surface area contributed by atoms with Gasteiger partial charge in [-0.25, -0.2) is 13.1 Å². The van der Waals surface area contributed by atoms with Crippen molar-refractivity contribution >= 4 is 38.9 Å². The van der Waals surface area contributed by atoms with Crippen LogP contribution in [0.5, 0.6) is 0 Å². The van der Waals surface area contributed by atoms with Gasteiger partial charge >= 0.3 is 0 Å². The summed E-state index contributed by atoms with van der Waals surface area (Å²) in [6.07, 6.45) is 1.73. The lowest BCUT2D eigenvalue weighted by atomic mass is 10.1. The molecule has 108 valence electrons. The third-order valence-electron chi connectivity index (χ3n) is 2.63. The van der Waals surface area contributed by atoms with Crippen LogP contribution < -0.4 is 10.5 Å². The summed E-state index contributed by atoms with van der Waals surface area (Å²) in [5.74, 6) is 0.541. The maximum absolute atomic E-state index is 12.1. The van der Waals surface area contributed by atoms with E-state index >= 15 is 0 Å². The number of benzene rings is 1. The highest BCUT2D eigenvalue weighted by Gasteiger charge is 2.20. The van der Waals surface area contributed by atoms with Gasteiger partial charge in [0.1, 0.15) is 4.90 Å². The Morgan fingerprint density at radius 3 is 2.53 bits per heavy atom. The van der Waals surface area contributed by atoms with E-state index < -0.39 is 10.0 Å². The smallest absolute Gasteiger partial charge is 0.242 e. The van der Waals surface area contributed by atoms with Gasteiger partial charge in [-0.2, -0.15) is 0 Å². The fourth-order valence-corrected chi connectivity index (χ4v) is 3.39. The lowest BCUT2D eigenvalue weighted by Crippen LogP contribution is -2.25. The number of hydrogen-bond acceptors (Lipinski definition) is 3. The Morgan fingerprint density at radius 2 is 1.95 bits per heavy atom. The Kier molecular flexibility index (Phi) is 5.92. The van der Waals surface area contributed by atoms with Crippen LogP contribution in [0, 0.1) is 5.92 Å². The summed E-state index contributed by atoms with van der Waals surface area (Å²) in [5.41, 5.74) is 5.70. The van der Waals surface area contributed by atoms with Gasteiger partial charge in [0.05, 0.1) is 15.7 Å².